The summed E-state index contributed by atoms with van der Waals surface area (Å²) >= 11 is 0. The average molecular weight is 441 g/mol. The molecule has 1 aliphatic heterocycles. The van der Waals surface area contributed by atoms with Crippen LogP contribution in [0.3, 0.4) is 0 Å². The van der Waals surface area contributed by atoms with Crippen LogP contribution in [0.5, 0.6) is 0 Å². The van der Waals surface area contributed by atoms with Gasteiger partial charge < -0.3 is 11.1 Å². The molecule has 11 heteroatoms. The van der Waals surface area contributed by atoms with E-state index in [-0.39, 0.29) is 16.9 Å². The zero-order valence-electron chi connectivity index (χ0n) is 15.5. The molecule has 1 atom stereocenters. The SMILES string of the molecule is NC(=O)C1CCc2ccccc2N1S(=O)(=O)c1cccc(C(=O)NCC(F)(F)F)c1. The number of benzene rings is 2. The third-order valence-corrected chi connectivity index (χ3v) is 6.45. The fourth-order valence-corrected chi connectivity index (χ4v) is 5.00. The van der Waals surface area contributed by atoms with Crippen LogP contribution in [0, 0.1) is 0 Å². The Bertz CT molecular complexity index is 1090. The number of nitrogens with two attached hydrogens (primary N) is 1. The number of fused-ring (bicyclic) bond motifs is 1. The molecule has 0 aromatic heterocycles. The highest BCUT2D eigenvalue weighted by Crippen LogP contribution is 2.35. The van der Waals surface area contributed by atoms with Crippen molar-refractivity contribution in [2.24, 2.45) is 5.73 Å². The van der Waals surface area contributed by atoms with E-state index in [4.69, 9.17) is 5.73 Å². The number of nitrogens with one attached hydrogen (secondary N) is 1. The van der Waals surface area contributed by atoms with Crippen molar-refractivity contribution in [2.45, 2.75) is 30.0 Å². The quantitative estimate of drug-likeness (QED) is 0.739. The molecule has 0 saturated carbocycles. The summed E-state index contributed by atoms with van der Waals surface area (Å²) in [6.07, 6.45) is -3.97. The monoisotopic (exact) mass is 441 g/mol. The van der Waals surface area contributed by atoms with Gasteiger partial charge in [0.2, 0.25) is 5.91 Å². The number of alkyl halides is 3. The Morgan fingerprint density at radius 1 is 1.13 bits per heavy atom. The summed E-state index contributed by atoms with van der Waals surface area (Å²) in [7, 11) is -4.34. The van der Waals surface area contributed by atoms with Gasteiger partial charge in [0.15, 0.2) is 0 Å². The highest BCUT2D eigenvalue weighted by molar-refractivity contribution is 7.93. The van der Waals surface area contributed by atoms with Crippen molar-refractivity contribution in [1.82, 2.24) is 5.32 Å². The van der Waals surface area contributed by atoms with Gasteiger partial charge in [0.05, 0.1) is 10.6 Å². The van der Waals surface area contributed by atoms with Crippen LogP contribution in [0.15, 0.2) is 53.4 Å². The van der Waals surface area contributed by atoms with Gasteiger partial charge in [-0.15, -0.1) is 0 Å². The summed E-state index contributed by atoms with van der Waals surface area (Å²) in [5, 5.41) is 1.69. The fraction of sp³-hybridized carbons (Fsp3) is 0.263. The smallest absolute Gasteiger partial charge is 0.368 e. The van der Waals surface area contributed by atoms with E-state index in [1.54, 1.807) is 29.6 Å². The lowest BCUT2D eigenvalue weighted by molar-refractivity contribution is -0.123. The molecule has 30 heavy (non-hydrogen) atoms. The van der Waals surface area contributed by atoms with Gasteiger partial charge in [0.1, 0.15) is 12.6 Å². The molecule has 2 aromatic carbocycles. The van der Waals surface area contributed by atoms with Crippen LogP contribution in [-0.2, 0) is 21.2 Å². The lowest BCUT2D eigenvalue weighted by Crippen LogP contribution is -2.50. The number of aryl methyl sites for hydroxylation is 1. The van der Waals surface area contributed by atoms with E-state index in [0.717, 1.165) is 10.4 Å². The molecule has 0 fully saturated rings. The minimum Gasteiger partial charge on any atom is -0.368 e. The van der Waals surface area contributed by atoms with Gasteiger partial charge in [-0.05, 0) is 42.7 Å². The number of anilines is 1. The summed E-state index contributed by atoms with van der Waals surface area (Å²) in [6, 6.07) is 10.1. The minimum atomic E-state index is -4.61. The number of hydrogen-bond donors (Lipinski definition) is 2. The topological polar surface area (TPSA) is 110 Å². The van der Waals surface area contributed by atoms with Gasteiger partial charge in [0.25, 0.3) is 15.9 Å². The second-order valence-corrected chi connectivity index (χ2v) is 8.53. The minimum absolute atomic E-state index is 0.178. The molecule has 160 valence electrons. The van der Waals surface area contributed by atoms with Crippen molar-refractivity contribution in [1.29, 1.82) is 0 Å². The number of nitrogens with zero attached hydrogens (tertiary/aromatic N) is 1. The van der Waals surface area contributed by atoms with Crippen molar-refractivity contribution in [3.05, 3.63) is 59.7 Å². The molecule has 0 spiro atoms. The van der Waals surface area contributed by atoms with E-state index in [2.05, 4.69) is 0 Å². The number of para-hydroxylation sites is 1. The number of primary amides is 1. The molecule has 3 N–H and O–H groups in total. The van der Waals surface area contributed by atoms with Crippen LogP contribution < -0.4 is 15.4 Å². The predicted octanol–water partition coefficient (Wildman–Crippen LogP) is 1.97. The van der Waals surface area contributed by atoms with Crippen molar-refractivity contribution >= 4 is 27.5 Å². The van der Waals surface area contributed by atoms with Crippen LogP contribution in [-0.4, -0.2) is 39.0 Å². The summed E-state index contributed by atoms with van der Waals surface area (Å²) in [5.41, 5.74) is 6.17. The molecule has 0 saturated heterocycles. The summed E-state index contributed by atoms with van der Waals surface area (Å²) in [5.74, 6) is -1.90. The van der Waals surface area contributed by atoms with Crippen molar-refractivity contribution in [3.8, 4) is 0 Å². The number of carbonyl (C=O) groups excluding carboxylic acids is 2. The highest BCUT2D eigenvalue weighted by Gasteiger charge is 2.39. The summed E-state index contributed by atoms with van der Waals surface area (Å²) in [6.45, 7) is -1.55. The van der Waals surface area contributed by atoms with Crippen LogP contribution >= 0.6 is 0 Å². The van der Waals surface area contributed by atoms with E-state index >= 15 is 0 Å². The highest BCUT2D eigenvalue weighted by atomic mass is 32.2. The summed E-state index contributed by atoms with van der Waals surface area (Å²) in [4.78, 5) is 23.6. The van der Waals surface area contributed by atoms with Gasteiger partial charge in [-0.2, -0.15) is 13.2 Å². The molecule has 7 nitrogen and oxygen atoms in total. The Morgan fingerprint density at radius 2 is 1.83 bits per heavy atom. The molecule has 2 aromatic rings. The maximum Gasteiger partial charge on any atom is 0.405 e. The normalized spacial score (nSPS) is 16.6. The molecule has 0 bridgehead atoms. The molecular formula is C19H18F3N3O4S. The average Bonchev–Trinajstić information content (AvgIpc) is 2.70. The second kappa shape index (κ2) is 7.98. The number of hydrogen-bond acceptors (Lipinski definition) is 4. The Morgan fingerprint density at radius 3 is 2.50 bits per heavy atom. The number of carbonyl (C=O) groups is 2. The Balaban J connectivity index is 2.00. The molecule has 3 rings (SSSR count). The molecule has 2 amide bonds. The molecule has 1 unspecified atom stereocenters. The third-order valence-electron chi connectivity index (χ3n) is 4.63. The summed E-state index contributed by atoms with van der Waals surface area (Å²) < 4.78 is 64.7. The van der Waals surface area contributed by atoms with E-state index in [0.29, 0.717) is 17.7 Å². The number of halogens is 3. The van der Waals surface area contributed by atoms with E-state index < -0.39 is 40.6 Å². The van der Waals surface area contributed by atoms with Gasteiger partial charge in [-0.3, -0.25) is 13.9 Å². The first-order valence-corrected chi connectivity index (χ1v) is 10.3. The number of rotatable bonds is 5. The van der Waals surface area contributed by atoms with E-state index in [1.165, 1.54) is 18.2 Å². The predicted molar refractivity (Wildman–Crippen MR) is 102 cm³/mol. The van der Waals surface area contributed by atoms with Crippen LogP contribution in [0.4, 0.5) is 18.9 Å². The van der Waals surface area contributed by atoms with Crippen molar-refractivity contribution in [2.75, 3.05) is 10.8 Å². The Labute approximate surface area is 170 Å². The van der Waals surface area contributed by atoms with Crippen molar-refractivity contribution < 1.29 is 31.2 Å². The number of amides is 2. The Hall–Kier alpha value is -3.08. The first-order chi connectivity index (χ1) is 14.0. The number of sulfonamides is 1. The van der Waals surface area contributed by atoms with Crippen molar-refractivity contribution in [3.63, 3.8) is 0 Å². The first-order valence-electron chi connectivity index (χ1n) is 8.87. The maximum atomic E-state index is 13.4. The maximum absolute atomic E-state index is 13.4. The second-order valence-electron chi connectivity index (χ2n) is 6.71. The zero-order valence-corrected chi connectivity index (χ0v) is 16.3. The van der Waals surface area contributed by atoms with E-state index in [9.17, 15) is 31.2 Å². The molecule has 0 radical (unpaired) electrons. The van der Waals surface area contributed by atoms with Gasteiger partial charge >= 0.3 is 6.18 Å². The lowest BCUT2D eigenvalue weighted by atomic mass is 9.98. The lowest BCUT2D eigenvalue weighted by Gasteiger charge is -2.36. The van der Waals surface area contributed by atoms with Gasteiger partial charge in [-0.25, -0.2) is 8.42 Å². The van der Waals surface area contributed by atoms with Gasteiger partial charge in [-0.1, -0.05) is 24.3 Å². The molecule has 1 aliphatic rings. The van der Waals surface area contributed by atoms with Crippen LogP contribution in [0.1, 0.15) is 22.3 Å². The molecular weight excluding hydrogens is 423 g/mol. The largest absolute Gasteiger partial charge is 0.405 e. The van der Waals surface area contributed by atoms with E-state index in [1.807, 2.05) is 0 Å². The fourth-order valence-electron chi connectivity index (χ4n) is 3.26. The van der Waals surface area contributed by atoms with Crippen LogP contribution in [0.25, 0.3) is 0 Å². The third kappa shape index (κ3) is 4.40. The standard InChI is InChI=1S/C19H18F3N3O4S/c20-19(21,22)11-24-18(27)13-5-3-6-14(10-13)30(28,29)25-15-7-2-1-4-12(15)8-9-16(25)17(23)26/h1-7,10,16H,8-9,11H2,(H2,23,26)(H,24,27). The molecule has 1 heterocycles. The zero-order chi connectivity index (χ0) is 22.1. The van der Waals surface area contributed by atoms with Crippen LogP contribution in [0.2, 0.25) is 0 Å². The first kappa shape index (κ1) is 21.6. The molecule has 0 aliphatic carbocycles. The van der Waals surface area contributed by atoms with Gasteiger partial charge in [0, 0.05) is 5.56 Å². The Kier molecular flexibility index (Phi) is 5.75.